The van der Waals surface area contributed by atoms with E-state index in [0.717, 1.165) is 0 Å². The van der Waals surface area contributed by atoms with E-state index in [1.54, 1.807) is 6.08 Å². The topological polar surface area (TPSA) is 0 Å². The van der Waals surface area contributed by atoms with E-state index in [1.807, 2.05) is 13.0 Å². The maximum absolute atomic E-state index is 3.41. The molecule has 0 aromatic rings. The SMILES string of the molecule is C=C[C-]=CC.[Ti+2]. The van der Waals surface area contributed by atoms with Crippen LogP contribution in [0.1, 0.15) is 6.92 Å². The van der Waals surface area contributed by atoms with Crippen LogP contribution in [-0.2, 0) is 21.7 Å². The average molecular weight is 115 g/mol. The summed E-state index contributed by atoms with van der Waals surface area (Å²) in [6, 6.07) is 0. The second-order valence-electron chi connectivity index (χ2n) is 0.659. The molecule has 0 aromatic carbocycles. The van der Waals surface area contributed by atoms with E-state index in [2.05, 4.69) is 12.7 Å². The normalized spacial score (nSPS) is 7.50. The van der Waals surface area contributed by atoms with Gasteiger partial charge in [-0.25, -0.2) is 12.7 Å². The van der Waals surface area contributed by atoms with Gasteiger partial charge in [0.2, 0.25) is 0 Å². The van der Waals surface area contributed by atoms with Crippen LogP contribution >= 0.6 is 0 Å². The third-order valence-corrected chi connectivity index (χ3v) is 0.285. The molecule has 0 saturated heterocycles. The molecule has 6 heavy (non-hydrogen) atoms. The van der Waals surface area contributed by atoms with Gasteiger partial charge in [-0.1, -0.05) is 6.92 Å². The van der Waals surface area contributed by atoms with Gasteiger partial charge < -0.3 is 0 Å². The molecule has 0 saturated carbocycles. The first kappa shape index (κ1) is 9.50. The minimum atomic E-state index is 0. The molecule has 0 heterocycles. The molecule has 1 heteroatoms. The second-order valence-corrected chi connectivity index (χ2v) is 0.659. The van der Waals surface area contributed by atoms with E-state index in [9.17, 15) is 0 Å². The summed E-state index contributed by atoms with van der Waals surface area (Å²) in [5, 5.41) is 0. The summed E-state index contributed by atoms with van der Waals surface area (Å²) >= 11 is 0. The zero-order valence-electron chi connectivity index (χ0n) is 3.86. The fourth-order valence-corrected chi connectivity index (χ4v) is 0.118. The molecule has 0 aliphatic rings. The molecule has 0 nitrogen and oxygen atoms in total. The van der Waals surface area contributed by atoms with E-state index < -0.39 is 0 Å². The molecule has 0 N–H and O–H groups in total. The van der Waals surface area contributed by atoms with Crippen LogP contribution in [0.15, 0.2) is 18.7 Å². The largest absolute Gasteiger partial charge is 2.00 e. The van der Waals surface area contributed by atoms with Crippen molar-refractivity contribution in [2.75, 3.05) is 0 Å². The molecule has 0 radical (unpaired) electrons. The minimum absolute atomic E-state index is 0. The molecule has 0 amide bonds. The molecular formula is C5H7Ti+. The summed E-state index contributed by atoms with van der Waals surface area (Å²) in [4.78, 5) is 0. The maximum atomic E-state index is 3.41. The summed E-state index contributed by atoms with van der Waals surface area (Å²) in [6.45, 7) is 5.31. The molecule has 0 aromatic heterocycles. The Morgan fingerprint density at radius 2 is 2.17 bits per heavy atom. The van der Waals surface area contributed by atoms with Crippen molar-refractivity contribution < 1.29 is 21.7 Å². The number of hydrogen-bond donors (Lipinski definition) is 0. The predicted molar refractivity (Wildman–Crippen MR) is 23.7 cm³/mol. The van der Waals surface area contributed by atoms with Gasteiger partial charge in [-0.2, -0.15) is 6.08 Å². The Labute approximate surface area is 53.8 Å². The Kier molecular flexibility index (Phi) is 14.2. The first-order valence-corrected chi connectivity index (χ1v) is 1.56. The fraction of sp³-hybridized carbons (Fsp3) is 0.200. The van der Waals surface area contributed by atoms with Crippen molar-refractivity contribution in [3.8, 4) is 0 Å². The van der Waals surface area contributed by atoms with Crippen molar-refractivity contribution in [2.24, 2.45) is 0 Å². The first-order chi connectivity index (χ1) is 2.41. The molecule has 30 valence electrons. The molecule has 0 unspecified atom stereocenters. The average Bonchev–Trinajstić information content (AvgIpc) is 1.41. The Hall–Kier alpha value is 0.194. The Balaban J connectivity index is 0. The van der Waals surface area contributed by atoms with Gasteiger partial charge in [-0.3, -0.25) is 6.08 Å². The van der Waals surface area contributed by atoms with Crippen LogP contribution in [0.25, 0.3) is 0 Å². The van der Waals surface area contributed by atoms with Crippen LogP contribution in [0, 0.1) is 6.08 Å². The smallest absolute Gasteiger partial charge is 0.256 e. The second kappa shape index (κ2) is 8.96. The Morgan fingerprint density at radius 3 is 2.17 bits per heavy atom. The zero-order chi connectivity index (χ0) is 4.12. The molecule has 0 aliphatic heterocycles. The molecule has 0 bridgehead atoms. The summed E-state index contributed by atoms with van der Waals surface area (Å²) in [5.74, 6) is 0. The molecular weight excluding hydrogens is 108 g/mol. The quantitative estimate of drug-likeness (QED) is 0.276. The van der Waals surface area contributed by atoms with Gasteiger partial charge in [0.15, 0.2) is 0 Å². The van der Waals surface area contributed by atoms with Crippen molar-refractivity contribution in [1.82, 2.24) is 0 Å². The van der Waals surface area contributed by atoms with Crippen LogP contribution in [0.4, 0.5) is 0 Å². The summed E-state index contributed by atoms with van der Waals surface area (Å²) < 4.78 is 0. The van der Waals surface area contributed by atoms with Gasteiger partial charge in [0, 0.05) is 0 Å². The van der Waals surface area contributed by atoms with Crippen LogP contribution in [0.2, 0.25) is 0 Å². The van der Waals surface area contributed by atoms with Crippen molar-refractivity contribution in [2.45, 2.75) is 6.92 Å². The van der Waals surface area contributed by atoms with Gasteiger partial charge in [0.05, 0.1) is 0 Å². The van der Waals surface area contributed by atoms with Crippen molar-refractivity contribution in [1.29, 1.82) is 0 Å². The van der Waals surface area contributed by atoms with E-state index in [0.29, 0.717) is 0 Å². The molecule has 0 rings (SSSR count). The molecule has 0 fully saturated rings. The van der Waals surface area contributed by atoms with Crippen LogP contribution in [0.5, 0.6) is 0 Å². The third kappa shape index (κ3) is 8.89. The van der Waals surface area contributed by atoms with Gasteiger partial charge in [0.25, 0.3) is 0 Å². The van der Waals surface area contributed by atoms with Gasteiger partial charge in [0.1, 0.15) is 0 Å². The summed E-state index contributed by atoms with van der Waals surface area (Å²) in [5.41, 5.74) is 0. The van der Waals surface area contributed by atoms with Gasteiger partial charge in [-0.15, -0.1) is 0 Å². The number of hydrogen-bond acceptors (Lipinski definition) is 0. The third-order valence-electron chi connectivity index (χ3n) is 0.285. The molecule has 0 atom stereocenters. The van der Waals surface area contributed by atoms with Crippen LogP contribution < -0.4 is 0 Å². The van der Waals surface area contributed by atoms with Crippen molar-refractivity contribution in [3.63, 3.8) is 0 Å². The van der Waals surface area contributed by atoms with Crippen molar-refractivity contribution in [3.05, 3.63) is 24.8 Å². The zero-order valence-corrected chi connectivity index (χ0v) is 5.42. The summed E-state index contributed by atoms with van der Waals surface area (Å²) in [6.07, 6.45) is 6.19. The van der Waals surface area contributed by atoms with Gasteiger partial charge >= 0.3 is 21.7 Å². The summed E-state index contributed by atoms with van der Waals surface area (Å²) in [7, 11) is 0. The maximum Gasteiger partial charge on any atom is 2.00 e. The number of rotatable bonds is 1. The van der Waals surface area contributed by atoms with Crippen molar-refractivity contribution >= 4 is 0 Å². The Morgan fingerprint density at radius 1 is 1.67 bits per heavy atom. The Bertz CT molecular complexity index is 45.9. The first-order valence-electron chi connectivity index (χ1n) is 1.56. The van der Waals surface area contributed by atoms with E-state index in [-0.39, 0.29) is 21.7 Å². The standard InChI is InChI=1S/C5H7.Ti/c1-3-5-4-2;/h3-4H,1H2,2H3;/q-1;+2. The van der Waals surface area contributed by atoms with Crippen LogP contribution in [-0.4, -0.2) is 0 Å². The monoisotopic (exact) mass is 115 g/mol. The van der Waals surface area contributed by atoms with Crippen LogP contribution in [0.3, 0.4) is 0 Å². The number of allylic oxidation sites excluding steroid dienone is 3. The fourth-order valence-electron chi connectivity index (χ4n) is 0.118. The van der Waals surface area contributed by atoms with Gasteiger partial charge in [-0.05, 0) is 0 Å². The van der Waals surface area contributed by atoms with E-state index >= 15 is 0 Å². The minimum Gasteiger partial charge on any atom is -0.256 e. The predicted octanol–water partition coefficient (Wildman–Crippen LogP) is 1.55. The molecule has 0 aliphatic carbocycles. The van der Waals surface area contributed by atoms with E-state index in [1.165, 1.54) is 0 Å². The van der Waals surface area contributed by atoms with E-state index in [4.69, 9.17) is 0 Å². The molecule has 0 spiro atoms.